The highest BCUT2D eigenvalue weighted by atomic mass is 32.2. The molecule has 0 aliphatic carbocycles. The summed E-state index contributed by atoms with van der Waals surface area (Å²) in [7, 11) is -2.70. The Balaban J connectivity index is 1.75. The average Bonchev–Trinajstić information content (AvgIpc) is 2.82. The summed E-state index contributed by atoms with van der Waals surface area (Å²) in [5.74, 6) is -0.302. The van der Waals surface area contributed by atoms with E-state index in [9.17, 15) is 17.6 Å². The molecule has 0 spiro atoms. The molecule has 1 aliphatic rings. The number of ether oxygens (including phenoxy) is 1. The summed E-state index contributed by atoms with van der Waals surface area (Å²) in [5, 5.41) is 2.73. The Kier molecular flexibility index (Phi) is 4.50. The van der Waals surface area contributed by atoms with E-state index in [2.05, 4.69) is 5.32 Å². The van der Waals surface area contributed by atoms with Gasteiger partial charge in [0.05, 0.1) is 21.8 Å². The van der Waals surface area contributed by atoms with Crippen LogP contribution in [0.4, 0.5) is 15.8 Å². The number of nitrogens with one attached hydrogen (secondary N) is 1. The number of aryl methyl sites for hydroxylation is 1. The van der Waals surface area contributed by atoms with Gasteiger partial charge < -0.3 is 10.1 Å². The third-order valence-electron chi connectivity index (χ3n) is 4.63. The molecule has 8 heteroatoms. The topological polar surface area (TPSA) is 75.7 Å². The lowest BCUT2D eigenvalue weighted by molar-refractivity contribution is 0.102. The van der Waals surface area contributed by atoms with Gasteiger partial charge in [-0.3, -0.25) is 9.10 Å². The predicted molar refractivity (Wildman–Crippen MR) is 108 cm³/mol. The van der Waals surface area contributed by atoms with Crippen molar-refractivity contribution in [1.82, 2.24) is 0 Å². The van der Waals surface area contributed by atoms with E-state index in [1.54, 1.807) is 12.1 Å². The summed E-state index contributed by atoms with van der Waals surface area (Å²) in [6, 6.07) is 14.7. The molecule has 0 saturated heterocycles. The van der Waals surface area contributed by atoms with Crippen LogP contribution in [0.15, 0.2) is 65.6 Å². The minimum Gasteiger partial charge on any atom is -0.454 e. The number of hydrogen-bond donors (Lipinski definition) is 1. The molecule has 6 nitrogen and oxygen atoms in total. The maximum absolute atomic E-state index is 13.5. The number of rotatable bonds is 3. The number of hydrogen-bond acceptors (Lipinski definition) is 4. The number of nitrogens with zero attached hydrogens (tertiary/aromatic N) is 1. The van der Waals surface area contributed by atoms with Gasteiger partial charge in [-0.15, -0.1) is 0 Å². The van der Waals surface area contributed by atoms with Gasteiger partial charge in [0.1, 0.15) is 11.6 Å². The molecule has 4 rings (SSSR count). The van der Waals surface area contributed by atoms with Crippen molar-refractivity contribution in [3.8, 4) is 11.5 Å². The van der Waals surface area contributed by atoms with E-state index in [4.69, 9.17) is 4.74 Å². The fourth-order valence-electron chi connectivity index (χ4n) is 3.03. The van der Waals surface area contributed by atoms with Crippen molar-refractivity contribution in [2.75, 3.05) is 16.7 Å². The number of anilines is 2. The van der Waals surface area contributed by atoms with Crippen LogP contribution in [0.1, 0.15) is 15.9 Å². The largest absolute Gasteiger partial charge is 0.454 e. The zero-order valence-corrected chi connectivity index (χ0v) is 16.5. The van der Waals surface area contributed by atoms with Crippen LogP contribution in [-0.2, 0) is 10.0 Å². The number of benzene rings is 3. The lowest BCUT2D eigenvalue weighted by Gasteiger charge is -2.20. The van der Waals surface area contributed by atoms with Crippen molar-refractivity contribution in [2.24, 2.45) is 0 Å². The zero-order chi connectivity index (χ0) is 20.8. The molecule has 0 fully saturated rings. The smallest absolute Gasteiger partial charge is 0.264 e. The normalized spacial score (nSPS) is 12.9. The van der Waals surface area contributed by atoms with Crippen LogP contribution in [-0.4, -0.2) is 21.4 Å². The molecular formula is C21H17FN2O4S. The highest BCUT2D eigenvalue weighted by Gasteiger charge is 2.27. The standard InChI is InChI=1S/C21H17FN2O4S/c1-13-6-8-18-20(10-13)28-19-9-7-16(12-17(19)21(25)23-18)29(26,27)24(2)15-5-3-4-14(22)11-15/h3-12H,1-2H3,(H,23,25). The van der Waals surface area contributed by atoms with Gasteiger partial charge in [-0.05, 0) is 61.0 Å². The number of amides is 1. The summed E-state index contributed by atoms with van der Waals surface area (Å²) >= 11 is 0. The third-order valence-corrected chi connectivity index (χ3v) is 6.41. The van der Waals surface area contributed by atoms with Gasteiger partial charge in [0.25, 0.3) is 15.9 Å². The minimum atomic E-state index is -4.02. The predicted octanol–water partition coefficient (Wildman–Crippen LogP) is 4.32. The molecule has 1 heterocycles. The van der Waals surface area contributed by atoms with Crippen LogP contribution in [0, 0.1) is 12.7 Å². The SMILES string of the molecule is Cc1ccc2c(c1)Oc1ccc(S(=O)(=O)N(C)c3cccc(F)c3)cc1C(=O)N2. The van der Waals surface area contributed by atoms with Crippen LogP contribution in [0.2, 0.25) is 0 Å². The Hall–Kier alpha value is -3.39. The molecule has 0 bridgehead atoms. The van der Waals surface area contributed by atoms with Crippen molar-refractivity contribution in [1.29, 1.82) is 0 Å². The quantitative estimate of drug-likeness (QED) is 0.695. The number of carbonyl (C=O) groups excluding carboxylic acids is 1. The average molecular weight is 412 g/mol. The molecule has 3 aromatic carbocycles. The van der Waals surface area contributed by atoms with E-state index >= 15 is 0 Å². The third kappa shape index (κ3) is 3.42. The molecule has 0 aromatic heterocycles. The van der Waals surface area contributed by atoms with Crippen LogP contribution < -0.4 is 14.4 Å². The van der Waals surface area contributed by atoms with Gasteiger partial charge in [0.15, 0.2) is 5.75 Å². The molecule has 29 heavy (non-hydrogen) atoms. The zero-order valence-electron chi connectivity index (χ0n) is 15.6. The highest BCUT2D eigenvalue weighted by Crippen LogP contribution is 2.37. The lowest BCUT2D eigenvalue weighted by Crippen LogP contribution is -2.27. The molecule has 0 saturated carbocycles. The van der Waals surface area contributed by atoms with Crippen molar-refractivity contribution >= 4 is 27.3 Å². The maximum atomic E-state index is 13.5. The van der Waals surface area contributed by atoms with E-state index < -0.39 is 21.7 Å². The molecule has 1 N–H and O–H groups in total. The molecule has 1 aliphatic heterocycles. The summed E-state index contributed by atoms with van der Waals surface area (Å²) in [6.45, 7) is 1.90. The first-order valence-corrected chi connectivity index (χ1v) is 10.2. The molecule has 1 amide bonds. The fourth-order valence-corrected chi connectivity index (χ4v) is 4.24. The minimum absolute atomic E-state index is 0.0903. The van der Waals surface area contributed by atoms with Gasteiger partial charge in [-0.25, -0.2) is 12.8 Å². The molecule has 0 radical (unpaired) electrons. The van der Waals surface area contributed by atoms with Gasteiger partial charge in [0.2, 0.25) is 0 Å². The van der Waals surface area contributed by atoms with Crippen LogP contribution >= 0.6 is 0 Å². The monoisotopic (exact) mass is 412 g/mol. The van der Waals surface area contributed by atoms with E-state index in [0.29, 0.717) is 11.4 Å². The van der Waals surface area contributed by atoms with Crippen molar-refractivity contribution < 1.29 is 22.3 Å². The van der Waals surface area contributed by atoms with E-state index in [-0.39, 0.29) is 21.9 Å². The van der Waals surface area contributed by atoms with E-state index in [0.717, 1.165) is 15.9 Å². The fraction of sp³-hybridized carbons (Fsp3) is 0.0952. The van der Waals surface area contributed by atoms with Gasteiger partial charge in [-0.2, -0.15) is 0 Å². The maximum Gasteiger partial charge on any atom is 0.264 e. The van der Waals surface area contributed by atoms with E-state index in [1.807, 2.05) is 13.0 Å². The second kappa shape index (κ2) is 6.89. The summed E-state index contributed by atoms with van der Waals surface area (Å²) < 4.78 is 46.3. The molecular weight excluding hydrogens is 395 g/mol. The van der Waals surface area contributed by atoms with Crippen LogP contribution in [0.25, 0.3) is 0 Å². The molecule has 0 atom stereocenters. The van der Waals surface area contributed by atoms with E-state index in [1.165, 1.54) is 43.4 Å². The first kappa shape index (κ1) is 18.9. The Morgan fingerprint density at radius 1 is 1.00 bits per heavy atom. The van der Waals surface area contributed by atoms with Gasteiger partial charge in [0, 0.05) is 7.05 Å². The highest BCUT2D eigenvalue weighted by molar-refractivity contribution is 7.92. The van der Waals surface area contributed by atoms with Crippen LogP contribution in [0.5, 0.6) is 11.5 Å². The Bertz CT molecular complexity index is 1240. The molecule has 3 aromatic rings. The Morgan fingerprint density at radius 2 is 1.79 bits per heavy atom. The van der Waals surface area contributed by atoms with Crippen molar-refractivity contribution in [3.63, 3.8) is 0 Å². The van der Waals surface area contributed by atoms with Gasteiger partial charge >= 0.3 is 0 Å². The van der Waals surface area contributed by atoms with Crippen molar-refractivity contribution in [2.45, 2.75) is 11.8 Å². The Labute approximate surface area is 167 Å². The number of carbonyl (C=O) groups is 1. The number of fused-ring (bicyclic) bond motifs is 2. The lowest BCUT2D eigenvalue weighted by atomic mass is 10.2. The van der Waals surface area contributed by atoms with Gasteiger partial charge in [-0.1, -0.05) is 12.1 Å². The first-order chi connectivity index (χ1) is 13.8. The summed E-state index contributed by atoms with van der Waals surface area (Å²) in [4.78, 5) is 12.6. The molecule has 148 valence electrons. The van der Waals surface area contributed by atoms with Crippen molar-refractivity contribution in [3.05, 3.63) is 77.6 Å². The Morgan fingerprint density at radius 3 is 2.55 bits per heavy atom. The summed E-state index contributed by atoms with van der Waals surface area (Å²) in [6.07, 6.45) is 0. The summed E-state index contributed by atoms with van der Waals surface area (Å²) in [5.41, 5.74) is 1.71. The second-order valence-corrected chi connectivity index (χ2v) is 8.64. The number of halogens is 1. The first-order valence-electron chi connectivity index (χ1n) is 8.74. The number of sulfonamides is 1. The van der Waals surface area contributed by atoms with Crippen LogP contribution in [0.3, 0.4) is 0 Å². The second-order valence-electron chi connectivity index (χ2n) is 6.67. The molecule has 0 unspecified atom stereocenters.